The fourth-order valence-corrected chi connectivity index (χ4v) is 3.92. The van der Waals surface area contributed by atoms with Crippen molar-refractivity contribution in [1.82, 2.24) is 8.61 Å². The highest BCUT2D eigenvalue weighted by molar-refractivity contribution is 7.86. The molecule has 0 aromatic carbocycles. The van der Waals surface area contributed by atoms with E-state index in [0.29, 0.717) is 19.6 Å². The Morgan fingerprint density at radius 2 is 2.12 bits per heavy atom. The van der Waals surface area contributed by atoms with Gasteiger partial charge in [-0.3, -0.25) is 0 Å². The Morgan fingerprint density at radius 1 is 1.47 bits per heavy atom. The number of nitrogens with two attached hydrogens (primary N) is 1. The molecule has 0 bridgehead atoms. The van der Waals surface area contributed by atoms with Gasteiger partial charge < -0.3 is 5.73 Å². The SMILES string of the molecule is CC(CN)CN(C)S(=O)(=O)N1CCCCC1C. The van der Waals surface area contributed by atoms with Gasteiger partial charge >= 0.3 is 0 Å². The van der Waals surface area contributed by atoms with Gasteiger partial charge in [-0.1, -0.05) is 13.3 Å². The molecular weight excluding hydrogens is 238 g/mol. The lowest BCUT2D eigenvalue weighted by molar-refractivity contribution is 0.246. The summed E-state index contributed by atoms with van der Waals surface area (Å²) in [6.07, 6.45) is 3.04. The zero-order valence-corrected chi connectivity index (χ0v) is 11.9. The van der Waals surface area contributed by atoms with Gasteiger partial charge in [-0.05, 0) is 32.2 Å². The minimum Gasteiger partial charge on any atom is -0.330 e. The third-order valence-corrected chi connectivity index (χ3v) is 5.48. The van der Waals surface area contributed by atoms with Crippen molar-refractivity contribution in [1.29, 1.82) is 0 Å². The van der Waals surface area contributed by atoms with Crippen molar-refractivity contribution in [3.8, 4) is 0 Å². The molecule has 0 spiro atoms. The van der Waals surface area contributed by atoms with E-state index < -0.39 is 10.2 Å². The third kappa shape index (κ3) is 3.64. The molecule has 2 unspecified atom stereocenters. The first-order chi connectivity index (χ1) is 7.89. The van der Waals surface area contributed by atoms with Gasteiger partial charge in [0.05, 0.1) is 0 Å². The Bertz CT molecular complexity index is 332. The summed E-state index contributed by atoms with van der Waals surface area (Å²) in [5, 5.41) is 0. The average Bonchev–Trinajstić information content (AvgIpc) is 2.29. The fourth-order valence-electron chi connectivity index (χ4n) is 2.20. The summed E-state index contributed by atoms with van der Waals surface area (Å²) in [4.78, 5) is 0. The molecule has 0 radical (unpaired) electrons. The first-order valence-corrected chi connectivity index (χ1v) is 7.72. The molecule has 1 rings (SSSR count). The predicted molar refractivity (Wildman–Crippen MR) is 69.8 cm³/mol. The molecule has 1 fully saturated rings. The van der Waals surface area contributed by atoms with Crippen molar-refractivity contribution < 1.29 is 8.42 Å². The molecule has 5 nitrogen and oxygen atoms in total. The van der Waals surface area contributed by atoms with Crippen LogP contribution in [0.5, 0.6) is 0 Å². The number of nitrogens with zero attached hydrogens (tertiary/aromatic N) is 2. The summed E-state index contributed by atoms with van der Waals surface area (Å²) >= 11 is 0. The average molecular weight is 263 g/mol. The molecule has 0 amide bonds. The number of rotatable bonds is 5. The van der Waals surface area contributed by atoms with Crippen LogP contribution < -0.4 is 5.73 Å². The number of hydrogen-bond donors (Lipinski definition) is 1. The highest BCUT2D eigenvalue weighted by Gasteiger charge is 2.32. The van der Waals surface area contributed by atoms with Crippen molar-refractivity contribution in [2.75, 3.05) is 26.7 Å². The van der Waals surface area contributed by atoms with Crippen LogP contribution in [0.3, 0.4) is 0 Å². The molecule has 0 aliphatic carbocycles. The zero-order valence-electron chi connectivity index (χ0n) is 11.1. The van der Waals surface area contributed by atoms with Gasteiger partial charge in [-0.2, -0.15) is 17.0 Å². The molecule has 1 saturated heterocycles. The second kappa shape index (κ2) is 6.13. The summed E-state index contributed by atoms with van der Waals surface area (Å²) in [5.41, 5.74) is 5.53. The van der Waals surface area contributed by atoms with Crippen molar-refractivity contribution in [3.05, 3.63) is 0 Å². The summed E-state index contributed by atoms with van der Waals surface area (Å²) in [6.45, 7) is 5.59. The molecule has 17 heavy (non-hydrogen) atoms. The van der Waals surface area contributed by atoms with Crippen molar-refractivity contribution in [3.63, 3.8) is 0 Å². The van der Waals surface area contributed by atoms with E-state index in [2.05, 4.69) is 0 Å². The first-order valence-electron chi connectivity index (χ1n) is 6.32. The quantitative estimate of drug-likeness (QED) is 0.791. The Labute approximate surface area is 105 Å². The standard InChI is InChI=1S/C11H25N3O2S/c1-10(8-12)9-13(3)17(15,16)14-7-5-4-6-11(14)2/h10-11H,4-9,12H2,1-3H3. The summed E-state index contributed by atoms with van der Waals surface area (Å²) in [6, 6.07) is 0.115. The highest BCUT2D eigenvalue weighted by Crippen LogP contribution is 2.21. The van der Waals surface area contributed by atoms with E-state index in [9.17, 15) is 8.42 Å². The zero-order chi connectivity index (χ0) is 13.1. The van der Waals surface area contributed by atoms with E-state index >= 15 is 0 Å². The third-order valence-electron chi connectivity index (χ3n) is 3.40. The Morgan fingerprint density at radius 3 is 2.65 bits per heavy atom. The van der Waals surface area contributed by atoms with Gasteiger partial charge in [0.25, 0.3) is 10.2 Å². The molecule has 0 saturated carbocycles. The van der Waals surface area contributed by atoms with Crippen LogP contribution in [0.15, 0.2) is 0 Å². The predicted octanol–water partition coefficient (Wildman–Crippen LogP) is 0.632. The normalized spacial score (nSPS) is 25.1. The lowest BCUT2D eigenvalue weighted by atomic mass is 10.1. The molecule has 2 atom stereocenters. The molecule has 1 aliphatic rings. The molecule has 1 heterocycles. The Balaban J connectivity index is 2.72. The monoisotopic (exact) mass is 263 g/mol. The van der Waals surface area contributed by atoms with Crippen molar-refractivity contribution >= 4 is 10.2 Å². The summed E-state index contributed by atoms with van der Waals surface area (Å²) < 4.78 is 27.8. The second-order valence-corrected chi connectivity index (χ2v) is 7.07. The van der Waals surface area contributed by atoms with Gasteiger partial charge in [0.15, 0.2) is 0 Å². The molecular formula is C11H25N3O2S. The van der Waals surface area contributed by atoms with Crippen LogP contribution in [-0.4, -0.2) is 49.8 Å². The van der Waals surface area contributed by atoms with Gasteiger partial charge in [0.1, 0.15) is 0 Å². The summed E-state index contributed by atoms with van der Waals surface area (Å²) in [5.74, 6) is 0.190. The van der Waals surface area contributed by atoms with Crippen LogP contribution in [-0.2, 0) is 10.2 Å². The van der Waals surface area contributed by atoms with E-state index in [-0.39, 0.29) is 12.0 Å². The lowest BCUT2D eigenvalue weighted by Crippen LogP contribution is -2.49. The summed E-state index contributed by atoms with van der Waals surface area (Å²) in [7, 11) is -1.66. The number of hydrogen-bond acceptors (Lipinski definition) is 3. The molecule has 102 valence electrons. The maximum atomic E-state index is 12.4. The molecule has 0 aromatic heterocycles. The van der Waals surface area contributed by atoms with Gasteiger partial charge in [-0.15, -0.1) is 0 Å². The molecule has 6 heteroatoms. The maximum Gasteiger partial charge on any atom is 0.281 e. The Kier molecular flexibility index (Phi) is 5.37. The van der Waals surface area contributed by atoms with E-state index in [1.807, 2.05) is 13.8 Å². The van der Waals surface area contributed by atoms with Crippen LogP contribution in [0.4, 0.5) is 0 Å². The lowest BCUT2D eigenvalue weighted by Gasteiger charge is -2.35. The van der Waals surface area contributed by atoms with Gasteiger partial charge in [0.2, 0.25) is 0 Å². The minimum atomic E-state index is -3.31. The van der Waals surface area contributed by atoms with E-state index in [1.165, 1.54) is 4.31 Å². The van der Waals surface area contributed by atoms with Crippen LogP contribution in [0.1, 0.15) is 33.1 Å². The Hall–Kier alpha value is -0.170. The molecule has 2 N–H and O–H groups in total. The second-order valence-electron chi connectivity index (χ2n) is 5.08. The van der Waals surface area contributed by atoms with Gasteiger partial charge in [0, 0.05) is 26.2 Å². The smallest absolute Gasteiger partial charge is 0.281 e. The molecule has 1 aliphatic heterocycles. The fraction of sp³-hybridized carbons (Fsp3) is 1.00. The van der Waals surface area contributed by atoms with Gasteiger partial charge in [-0.25, -0.2) is 0 Å². The van der Waals surface area contributed by atoms with E-state index in [1.54, 1.807) is 11.4 Å². The van der Waals surface area contributed by atoms with Crippen LogP contribution in [0.25, 0.3) is 0 Å². The highest BCUT2D eigenvalue weighted by atomic mass is 32.2. The number of piperidine rings is 1. The van der Waals surface area contributed by atoms with Crippen LogP contribution >= 0.6 is 0 Å². The van der Waals surface area contributed by atoms with E-state index in [4.69, 9.17) is 5.73 Å². The topological polar surface area (TPSA) is 66.6 Å². The first kappa shape index (κ1) is 14.9. The van der Waals surface area contributed by atoms with Crippen molar-refractivity contribution in [2.45, 2.75) is 39.2 Å². The minimum absolute atomic E-state index is 0.115. The van der Waals surface area contributed by atoms with Crippen LogP contribution in [0, 0.1) is 5.92 Å². The maximum absolute atomic E-state index is 12.4. The van der Waals surface area contributed by atoms with E-state index in [0.717, 1.165) is 19.3 Å². The largest absolute Gasteiger partial charge is 0.330 e. The van der Waals surface area contributed by atoms with Crippen molar-refractivity contribution in [2.24, 2.45) is 11.7 Å². The molecule has 0 aromatic rings. The van der Waals surface area contributed by atoms with Crippen LogP contribution in [0.2, 0.25) is 0 Å².